The number of hydrogen-bond acceptors (Lipinski definition) is 0. The van der Waals surface area contributed by atoms with Crippen LogP contribution < -0.4 is 0 Å². The summed E-state index contributed by atoms with van der Waals surface area (Å²) in [5.41, 5.74) is 5.17. The molecule has 0 spiro atoms. The van der Waals surface area contributed by atoms with Crippen LogP contribution in [-0.2, 0) is 0 Å². The molecule has 0 heteroatoms. The Hall–Kier alpha value is -1.30. The van der Waals surface area contributed by atoms with Crippen LogP contribution in [0.4, 0.5) is 0 Å². The summed E-state index contributed by atoms with van der Waals surface area (Å²) < 4.78 is 0. The van der Waals surface area contributed by atoms with Crippen LogP contribution in [-0.4, -0.2) is 0 Å². The third kappa shape index (κ3) is 2.69. The molecular formula is C22H28. The summed E-state index contributed by atoms with van der Waals surface area (Å²) in [7, 11) is 0. The van der Waals surface area contributed by atoms with Gasteiger partial charge in [0.2, 0.25) is 0 Å². The zero-order chi connectivity index (χ0) is 14.8. The van der Waals surface area contributed by atoms with Crippen molar-refractivity contribution >= 4 is 5.57 Å². The van der Waals surface area contributed by atoms with Gasteiger partial charge in [0.1, 0.15) is 0 Å². The molecule has 1 aromatic rings. The third-order valence-electron chi connectivity index (χ3n) is 6.16. The summed E-state index contributed by atoms with van der Waals surface area (Å²) in [5, 5.41) is 0. The van der Waals surface area contributed by atoms with Gasteiger partial charge in [-0.3, -0.25) is 0 Å². The molecule has 22 heavy (non-hydrogen) atoms. The minimum atomic E-state index is 0.761. The molecule has 3 atom stereocenters. The van der Waals surface area contributed by atoms with Gasteiger partial charge in [-0.1, -0.05) is 54.5 Å². The van der Waals surface area contributed by atoms with Gasteiger partial charge in [-0.15, -0.1) is 0 Å². The fraction of sp³-hybridized carbons (Fsp3) is 0.545. The zero-order valence-electron chi connectivity index (χ0n) is 13.6. The first-order valence-corrected chi connectivity index (χ1v) is 9.38. The molecular weight excluding hydrogens is 264 g/mol. The van der Waals surface area contributed by atoms with E-state index in [1.807, 2.05) is 5.57 Å². The highest BCUT2D eigenvalue weighted by molar-refractivity contribution is 5.72. The Labute approximate surface area is 135 Å². The molecule has 2 saturated carbocycles. The third-order valence-corrected chi connectivity index (χ3v) is 6.16. The summed E-state index contributed by atoms with van der Waals surface area (Å²) >= 11 is 0. The Balaban J connectivity index is 1.80. The molecule has 0 radical (unpaired) electrons. The monoisotopic (exact) mass is 292 g/mol. The van der Waals surface area contributed by atoms with E-state index in [1.54, 1.807) is 5.57 Å². The Bertz CT molecular complexity index is 545. The van der Waals surface area contributed by atoms with E-state index < -0.39 is 0 Å². The molecule has 0 N–H and O–H groups in total. The van der Waals surface area contributed by atoms with Crippen LogP contribution in [0.25, 0.3) is 5.57 Å². The molecule has 116 valence electrons. The fourth-order valence-corrected chi connectivity index (χ4v) is 5.19. The number of allylic oxidation sites excluding steroid dienone is 4. The van der Waals surface area contributed by atoms with Crippen molar-refractivity contribution in [2.75, 3.05) is 0 Å². The van der Waals surface area contributed by atoms with Gasteiger partial charge in [0.25, 0.3) is 0 Å². The van der Waals surface area contributed by atoms with Crippen LogP contribution in [0.15, 0.2) is 48.1 Å². The minimum Gasteiger partial charge on any atom is -0.0885 e. The second-order valence-electron chi connectivity index (χ2n) is 7.47. The highest BCUT2D eigenvalue weighted by Crippen LogP contribution is 2.51. The normalized spacial score (nSPS) is 31.1. The lowest BCUT2D eigenvalue weighted by Gasteiger charge is -2.31. The Morgan fingerprint density at radius 1 is 0.773 bits per heavy atom. The van der Waals surface area contributed by atoms with Crippen LogP contribution in [0.1, 0.15) is 63.4 Å². The maximum atomic E-state index is 2.45. The molecule has 4 rings (SSSR count). The summed E-state index contributed by atoms with van der Waals surface area (Å²) in [6, 6.07) is 11.4. The topological polar surface area (TPSA) is 0 Å². The lowest BCUT2D eigenvalue weighted by Crippen LogP contribution is -2.16. The molecule has 1 aromatic carbocycles. The molecule has 0 nitrogen and oxygen atoms in total. The molecule has 2 bridgehead atoms. The van der Waals surface area contributed by atoms with E-state index in [2.05, 4.69) is 42.5 Å². The van der Waals surface area contributed by atoms with Crippen molar-refractivity contribution in [3.63, 3.8) is 0 Å². The standard InChI is InChI=1S/C22H28/c1-2-5-10-17(9-4-1)21(18-11-6-3-7-12-18)22-19-13-8-14-20(22)16-15-19/h1,3-4,6-7,11-12,17,19-20H,2,5,8-10,13-16H2. The fourth-order valence-electron chi connectivity index (χ4n) is 5.19. The van der Waals surface area contributed by atoms with E-state index in [-0.39, 0.29) is 0 Å². The van der Waals surface area contributed by atoms with Crippen LogP contribution in [0.2, 0.25) is 0 Å². The maximum absolute atomic E-state index is 2.45. The van der Waals surface area contributed by atoms with Gasteiger partial charge in [0, 0.05) is 0 Å². The van der Waals surface area contributed by atoms with Crippen LogP contribution in [0.5, 0.6) is 0 Å². The Kier molecular flexibility index (Phi) is 4.19. The quantitative estimate of drug-likeness (QED) is 0.553. The van der Waals surface area contributed by atoms with E-state index in [4.69, 9.17) is 0 Å². The van der Waals surface area contributed by atoms with Gasteiger partial charge in [-0.25, -0.2) is 0 Å². The Morgan fingerprint density at radius 2 is 1.55 bits per heavy atom. The lowest BCUT2D eigenvalue weighted by atomic mass is 9.74. The molecule has 0 heterocycles. The van der Waals surface area contributed by atoms with Crippen molar-refractivity contribution in [1.29, 1.82) is 0 Å². The number of fused-ring (bicyclic) bond motifs is 2. The average Bonchev–Trinajstić information content (AvgIpc) is 2.79. The summed E-state index contributed by atoms with van der Waals surface area (Å²) in [5.74, 6) is 2.57. The number of benzene rings is 1. The first-order chi connectivity index (χ1) is 10.9. The van der Waals surface area contributed by atoms with E-state index in [9.17, 15) is 0 Å². The largest absolute Gasteiger partial charge is 0.0885 e. The zero-order valence-corrected chi connectivity index (χ0v) is 13.6. The van der Waals surface area contributed by atoms with Crippen molar-refractivity contribution in [3.05, 3.63) is 53.6 Å². The minimum absolute atomic E-state index is 0.761. The molecule has 0 saturated heterocycles. The van der Waals surface area contributed by atoms with E-state index in [0.717, 1.165) is 17.8 Å². The molecule has 3 aliphatic carbocycles. The van der Waals surface area contributed by atoms with Gasteiger partial charge in [-0.2, -0.15) is 0 Å². The SMILES string of the molecule is C1=CCC(C(=C2C3CCCC2CC3)c2ccccc2)CCC1. The van der Waals surface area contributed by atoms with Gasteiger partial charge in [0.05, 0.1) is 0 Å². The van der Waals surface area contributed by atoms with Crippen molar-refractivity contribution in [1.82, 2.24) is 0 Å². The summed E-state index contributed by atoms with van der Waals surface area (Å²) in [6.07, 6.45) is 17.4. The van der Waals surface area contributed by atoms with Crippen LogP contribution >= 0.6 is 0 Å². The molecule has 0 aromatic heterocycles. The predicted octanol–water partition coefficient (Wildman–Crippen LogP) is 6.40. The van der Waals surface area contributed by atoms with Gasteiger partial charge in [0.15, 0.2) is 0 Å². The van der Waals surface area contributed by atoms with Crippen LogP contribution in [0.3, 0.4) is 0 Å². The molecule has 0 aliphatic heterocycles. The van der Waals surface area contributed by atoms with Gasteiger partial charge < -0.3 is 0 Å². The average molecular weight is 292 g/mol. The Morgan fingerprint density at radius 3 is 2.32 bits per heavy atom. The second-order valence-corrected chi connectivity index (χ2v) is 7.47. The van der Waals surface area contributed by atoms with E-state index in [0.29, 0.717) is 0 Å². The highest BCUT2D eigenvalue weighted by Gasteiger charge is 2.37. The summed E-state index contributed by atoms with van der Waals surface area (Å²) in [6.45, 7) is 0. The van der Waals surface area contributed by atoms with Crippen molar-refractivity contribution < 1.29 is 0 Å². The maximum Gasteiger partial charge on any atom is -0.0122 e. The molecule has 2 fully saturated rings. The van der Waals surface area contributed by atoms with Gasteiger partial charge >= 0.3 is 0 Å². The molecule has 3 aliphatic rings. The van der Waals surface area contributed by atoms with Gasteiger partial charge in [-0.05, 0) is 80.3 Å². The predicted molar refractivity (Wildman–Crippen MR) is 94.5 cm³/mol. The highest BCUT2D eigenvalue weighted by atomic mass is 14.4. The second kappa shape index (κ2) is 6.44. The number of rotatable bonds is 2. The number of hydrogen-bond donors (Lipinski definition) is 0. The van der Waals surface area contributed by atoms with Crippen molar-refractivity contribution in [3.8, 4) is 0 Å². The van der Waals surface area contributed by atoms with Crippen molar-refractivity contribution in [2.45, 2.75) is 57.8 Å². The lowest BCUT2D eigenvalue weighted by molar-refractivity contribution is 0.458. The smallest absolute Gasteiger partial charge is 0.0122 e. The summed E-state index contributed by atoms with van der Waals surface area (Å²) in [4.78, 5) is 0. The first-order valence-electron chi connectivity index (χ1n) is 9.38. The molecule has 0 amide bonds. The van der Waals surface area contributed by atoms with E-state index in [1.165, 1.54) is 63.4 Å². The van der Waals surface area contributed by atoms with E-state index >= 15 is 0 Å². The van der Waals surface area contributed by atoms with Crippen LogP contribution in [0, 0.1) is 17.8 Å². The van der Waals surface area contributed by atoms with Crippen molar-refractivity contribution in [2.24, 2.45) is 17.8 Å². The first kappa shape index (κ1) is 14.3. The molecule has 3 unspecified atom stereocenters.